The molecule has 0 radical (unpaired) electrons. The van der Waals surface area contributed by atoms with E-state index in [1.807, 2.05) is 6.07 Å². The predicted molar refractivity (Wildman–Crippen MR) is 95.5 cm³/mol. The minimum absolute atomic E-state index is 0.0161. The van der Waals surface area contributed by atoms with Gasteiger partial charge < -0.3 is 10.6 Å². The van der Waals surface area contributed by atoms with Gasteiger partial charge in [0.25, 0.3) is 5.91 Å². The average Bonchev–Trinajstić information content (AvgIpc) is 2.64. The van der Waals surface area contributed by atoms with E-state index in [0.29, 0.717) is 23.0 Å². The molecule has 0 aliphatic rings. The van der Waals surface area contributed by atoms with Gasteiger partial charge in [0.05, 0.1) is 17.3 Å². The van der Waals surface area contributed by atoms with Gasteiger partial charge in [-0.25, -0.2) is 18.7 Å². The Bertz CT molecular complexity index is 1040. The number of anilines is 3. The molecule has 2 aromatic carbocycles. The quantitative estimate of drug-likeness (QED) is 0.731. The van der Waals surface area contributed by atoms with Gasteiger partial charge in [0.15, 0.2) is 0 Å². The van der Waals surface area contributed by atoms with Crippen LogP contribution in [-0.4, -0.2) is 15.9 Å². The molecule has 3 aromatic rings. The van der Waals surface area contributed by atoms with E-state index in [1.165, 1.54) is 6.07 Å². The number of carbonyl (C=O) groups is 1. The normalized spacial score (nSPS) is 10.1. The van der Waals surface area contributed by atoms with Crippen LogP contribution in [0, 0.1) is 29.9 Å². The van der Waals surface area contributed by atoms with Crippen molar-refractivity contribution in [2.75, 3.05) is 10.6 Å². The molecule has 0 saturated carbocycles. The number of aromatic nitrogens is 2. The molecule has 0 aliphatic carbocycles. The molecule has 0 fully saturated rings. The van der Waals surface area contributed by atoms with Gasteiger partial charge in [-0.15, -0.1) is 0 Å². The second kappa shape index (κ2) is 7.58. The van der Waals surface area contributed by atoms with E-state index < -0.39 is 17.5 Å². The first-order valence-corrected chi connectivity index (χ1v) is 7.84. The lowest BCUT2D eigenvalue weighted by Crippen LogP contribution is -2.16. The standard InChI is InChI=1S/C19H13F2N5O/c1-11-8-17(18(27)25-16-7-4-13(20)9-15(16)21)26-19(23-11)24-14-5-2-12(10-22)3-6-14/h2-9H,1H3,(H,25,27)(H,23,24,26). The van der Waals surface area contributed by atoms with Crippen molar-refractivity contribution >= 4 is 23.2 Å². The molecule has 0 atom stereocenters. The molecule has 27 heavy (non-hydrogen) atoms. The SMILES string of the molecule is Cc1cc(C(=O)Nc2ccc(F)cc2F)nc(Nc2ccc(C#N)cc2)n1. The summed E-state index contributed by atoms with van der Waals surface area (Å²) in [6, 6.07) is 12.9. The zero-order valence-corrected chi connectivity index (χ0v) is 14.1. The summed E-state index contributed by atoms with van der Waals surface area (Å²) >= 11 is 0. The Hall–Kier alpha value is -3.86. The summed E-state index contributed by atoms with van der Waals surface area (Å²) in [6.45, 7) is 1.68. The second-order valence-corrected chi connectivity index (χ2v) is 5.61. The number of nitrogens with zero attached hydrogens (tertiary/aromatic N) is 3. The molecule has 1 aromatic heterocycles. The Morgan fingerprint density at radius 1 is 1.07 bits per heavy atom. The van der Waals surface area contributed by atoms with Gasteiger partial charge in [-0.05, 0) is 49.4 Å². The maximum atomic E-state index is 13.7. The molecule has 8 heteroatoms. The van der Waals surface area contributed by atoms with Gasteiger partial charge >= 0.3 is 0 Å². The van der Waals surface area contributed by atoms with Crippen molar-refractivity contribution in [2.45, 2.75) is 6.92 Å². The zero-order valence-electron chi connectivity index (χ0n) is 14.1. The number of nitrogens with one attached hydrogen (secondary N) is 2. The van der Waals surface area contributed by atoms with Gasteiger partial charge in [0.2, 0.25) is 5.95 Å². The molecular weight excluding hydrogens is 352 g/mol. The van der Waals surface area contributed by atoms with Crippen molar-refractivity contribution in [2.24, 2.45) is 0 Å². The van der Waals surface area contributed by atoms with E-state index in [2.05, 4.69) is 20.6 Å². The molecule has 134 valence electrons. The van der Waals surface area contributed by atoms with Crippen molar-refractivity contribution in [1.82, 2.24) is 9.97 Å². The Labute approximate surface area is 153 Å². The summed E-state index contributed by atoms with van der Waals surface area (Å²) < 4.78 is 26.7. The molecule has 0 aliphatic heterocycles. The number of benzene rings is 2. The third-order valence-electron chi connectivity index (χ3n) is 3.54. The first kappa shape index (κ1) is 17.9. The number of hydrogen-bond donors (Lipinski definition) is 2. The molecule has 0 bridgehead atoms. The number of nitriles is 1. The Kier molecular flexibility index (Phi) is 5.04. The highest BCUT2D eigenvalue weighted by Crippen LogP contribution is 2.18. The maximum Gasteiger partial charge on any atom is 0.274 e. The fraction of sp³-hybridized carbons (Fsp3) is 0.0526. The van der Waals surface area contributed by atoms with Crippen LogP contribution in [0.3, 0.4) is 0 Å². The molecule has 0 saturated heterocycles. The van der Waals surface area contributed by atoms with Crippen LogP contribution in [0.5, 0.6) is 0 Å². The summed E-state index contributed by atoms with van der Waals surface area (Å²) in [4.78, 5) is 20.7. The number of aryl methyl sites for hydroxylation is 1. The van der Waals surface area contributed by atoms with Gasteiger partial charge in [-0.3, -0.25) is 4.79 Å². The first-order chi connectivity index (χ1) is 12.9. The second-order valence-electron chi connectivity index (χ2n) is 5.61. The maximum absolute atomic E-state index is 13.7. The third kappa shape index (κ3) is 4.41. The van der Waals surface area contributed by atoms with Crippen molar-refractivity contribution in [3.63, 3.8) is 0 Å². The zero-order chi connectivity index (χ0) is 19.4. The fourth-order valence-electron chi connectivity index (χ4n) is 2.28. The summed E-state index contributed by atoms with van der Waals surface area (Å²) in [5.74, 6) is -2.11. The number of hydrogen-bond acceptors (Lipinski definition) is 5. The van der Waals surface area contributed by atoms with Crippen LogP contribution in [0.4, 0.5) is 26.1 Å². The Morgan fingerprint density at radius 3 is 2.48 bits per heavy atom. The molecule has 1 amide bonds. The van der Waals surface area contributed by atoms with Gasteiger partial charge in [0.1, 0.15) is 17.3 Å². The van der Waals surface area contributed by atoms with Crippen molar-refractivity contribution in [3.8, 4) is 6.07 Å². The number of rotatable bonds is 4. The largest absolute Gasteiger partial charge is 0.324 e. The minimum atomic E-state index is -0.884. The lowest BCUT2D eigenvalue weighted by Gasteiger charge is -2.09. The smallest absolute Gasteiger partial charge is 0.274 e. The lowest BCUT2D eigenvalue weighted by atomic mass is 10.2. The highest BCUT2D eigenvalue weighted by molar-refractivity contribution is 6.03. The lowest BCUT2D eigenvalue weighted by molar-refractivity contribution is 0.102. The summed E-state index contributed by atoms with van der Waals surface area (Å²) in [6.07, 6.45) is 0. The van der Waals surface area contributed by atoms with E-state index >= 15 is 0 Å². The van der Waals surface area contributed by atoms with Crippen molar-refractivity contribution < 1.29 is 13.6 Å². The predicted octanol–water partition coefficient (Wildman–Crippen LogP) is 3.93. The Morgan fingerprint density at radius 2 is 1.81 bits per heavy atom. The molecule has 3 rings (SSSR count). The van der Waals surface area contributed by atoms with E-state index in [9.17, 15) is 13.6 Å². The third-order valence-corrected chi connectivity index (χ3v) is 3.54. The molecular formula is C19H13F2N5O. The van der Waals surface area contributed by atoms with Crippen LogP contribution in [0.15, 0.2) is 48.5 Å². The molecule has 1 heterocycles. The highest BCUT2D eigenvalue weighted by atomic mass is 19.1. The summed E-state index contributed by atoms with van der Waals surface area (Å²) in [5, 5.41) is 14.1. The van der Waals surface area contributed by atoms with E-state index in [1.54, 1.807) is 31.2 Å². The van der Waals surface area contributed by atoms with Gasteiger partial charge in [-0.2, -0.15) is 5.26 Å². The first-order valence-electron chi connectivity index (χ1n) is 7.84. The van der Waals surface area contributed by atoms with Crippen LogP contribution >= 0.6 is 0 Å². The molecule has 2 N–H and O–H groups in total. The van der Waals surface area contributed by atoms with Crippen LogP contribution < -0.4 is 10.6 Å². The summed E-state index contributed by atoms with van der Waals surface area (Å²) in [5.41, 5.74) is 1.52. The summed E-state index contributed by atoms with van der Waals surface area (Å²) in [7, 11) is 0. The monoisotopic (exact) mass is 365 g/mol. The molecule has 0 unspecified atom stereocenters. The van der Waals surface area contributed by atoms with E-state index in [0.717, 1.165) is 12.1 Å². The minimum Gasteiger partial charge on any atom is -0.324 e. The highest BCUT2D eigenvalue weighted by Gasteiger charge is 2.14. The Balaban J connectivity index is 1.81. The number of halogens is 2. The van der Waals surface area contributed by atoms with Gasteiger partial charge in [0, 0.05) is 17.4 Å². The van der Waals surface area contributed by atoms with E-state index in [-0.39, 0.29) is 17.3 Å². The van der Waals surface area contributed by atoms with Crippen molar-refractivity contribution in [3.05, 3.63) is 77.1 Å². The topological polar surface area (TPSA) is 90.7 Å². The van der Waals surface area contributed by atoms with Crippen LogP contribution in [0.25, 0.3) is 0 Å². The van der Waals surface area contributed by atoms with E-state index in [4.69, 9.17) is 5.26 Å². The van der Waals surface area contributed by atoms with Crippen LogP contribution in [0.2, 0.25) is 0 Å². The number of amides is 1. The molecule has 6 nitrogen and oxygen atoms in total. The molecule has 0 spiro atoms. The van der Waals surface area contributed by atoms with Crippen LogP contribution in [0.1, 0.15) is 21.7 Å². The average molecular weight is 365 g/mol. The number of carbonyl (C=O) groups excluding carboxylic acids is 1. The van der Waals surface area contributed by atoms with Crippen LogP contribution in [-0.2, 0) is 0 Å². The van der Waals surface area contributed by atoms with Crippen molar-refractivity contribution in [1.29, 1.82) is 5.26 Å². The fourth-order valence-corrected chi connectivity index (χ4v) is 2.28. The van der Waals surface area contributed by atoms with Gasteiger partial charge in [-0.1, -0.05) is 0 Å².